The highest BCUT2D eigenvalue weighted by Gasteiger charge is 2.32. The minimum absolute atomic E-state index is 0. The van der Waals surface area contributed by atoms with E-state index in [2.05, 4.69) is 23.7 Å². The van der Waals surface area contributed by atoms with E-state index in [1.165, 1.54) is 39.5 Å². The van der Waals surface area contributed by atoms with Crippen LogP contribution in [0.15, 0.2) is 41.3 Å². The van der Waals surface area contributed by atoms with Crippen molar-refractivity contribution < 1.29 is 22.0 Å². The second kappa shape index (κ2) is 13.0. The van der Waals surface area contributed by atoms with Crippen molar-refractivity contribution in [2.45, 2.75) is 39.0 Å². The highest BCUT2D eigenvalue weighted by Crippen LogP contribution is 2.32. The van der Waals surface area contributed by atoms with Crippen molar-refractivity contribution in [2.24, 2.45) is 11.8 Å². The number of anilines is 1. The van der Waals surface area contributed by atoms with E-state index < -0.39 is 21.7 Å². The summed E-state index contributed by atoms with van der Waals surface area (Å²) in [6.45, 7) is 11.5. The van der Waals surface area contributed by atoms with Gasteiger partial charge in [-0.05, 0) is 61.7 Å². The minimum atomic E-state index is -3.68. The van der Waals surface area contributed by atoms with E-state index in [4.69, 9.17) is 0 Å². The Morgan fingerprint density at radius 2 is 1.67 bits per heavy atom. The third-order valence-electron chi connectivity index (χ3n) is 6.99. The summed E-state index contributed by atoms with van der Waals surface area (Å²) in [7, 11) is -3.68. The first-order valence-corrected chi connectivity index (χ1v) is 15.2. The van der Waals surface area contributed by atoms with Crippen molar-refractivity contribution in [2.75, 3.05) is 44.2 Å². The van der Waals surface area contributed by atoms with Gasteiger partial charge in [-0.1, -0.05) is 39.0 Å². The Labute approximate surface area is 239 Å². The molecule has 214 valence electrons. The van der Waals surface area contributed by atoms with Gasteiger partial charge in [0.2, 0.25) is 10.0 Å². The zero-order chi connectivity index (χ0) is 27.6. The Morgan fingerprint density at radius 3 is 2.26 bits per heavy atom. The van der Waals surface area contributed by atoms with E-state index in [0.29, 0.717) is 24.3 Å². The molecular formula is C27H35ClF2N4O3S2. The zero-order valence-electron chi connectivity index (χ0n) is 22.6. The van der Waals surface area contributed by atoms with Gasteiger partial charge in [-0.2, -0.15) is 4.31 Å². The zero-order valence-corrected chi connectivity index (χ0v) is 25.0. The number of likely N-dealkylation sites (N-methyl/N-ethyl adjacent to an activating group) is 1. The largest absolute Gasteiger partial charge is 0.302 e. The first kappa shape index (κ1) is 31.3. The molecule has 39 heavy (non-hydrogen) atoms. The maximum absolute atomic E-state index is 14.4. The lowest BCUT2D eigenvalue weighted by atomic mass is 9.94. The smallest absolute Gasteiger partial charge is 0.260 e. The summed E-state index contributed by atoms with van der Waals surface area (Å²) in [5.41, 5.74) is 0.299. The van der Waals surface area contributed by atoms with E-state index in [9.17, 15) is 22.0 Å². The molecule has 1 fully saturated rings. The van der Waals surface area contributed by atoms with Gasteiger partial charge in [-0.15, -0.1) is 12.4 Å². The van der Waals surface area contributed by atoms with Crippen LogP contribution < -0.4 is 4.90 Å². The van der Waals surface area contributed by atoms with Crippen LogP contribution in [0.4, 0.5) is 13.9 Å². The molecule has 0 saturated carbocycles. The van der Waals surface area contributed by atoms with Gasteiger partial charge in [0, 0.05) is 37.8 Å². The van der Waals surface area contributed by atoms with Crippen molar-refractivity contribution >= 4 is 55.0 Å². The van der Waals surface area contributed by atoms with Crippen LogP contribution in [-0.4, -0.2) is 67.8 Å². The number of hydrogen-bond donors (Lipinski definition) is 0. The number of benzene rings is 2. The molecular weight excluding hydrogens is 566 g/mol. The van der Waals surface area contributed by atoms with Crippen molar-refractivity contribution in [3.8, 4) is 0 Å². The number of sulfonamides is 1. The van der Waals surface area contributed by atoms with E-state index >= 15 is 0 Å². The molecule has 2 unspecified atom stereocenters. The highest BCUT2D eigenvalue weighted by molar-refractivity contribution is 7.89. The Balaban J connectivity index is 0.00000420. The molecule has 4 rings (SSSR count). The molecule has 0 radical (unpaired) electrons. The molecule has 1 saturated heterocycles. The van der Waals surface area contributed by atoms with Crippen molar-refractivity contribution in [1.82, 2.24) is 14.2 Å². The summed E-state index contributed by atoms with van der Waals surface area (Å²) in [4.78, 5) is 21.7. The van der Waals surface area contributed by atoms with Crippen LogP contribution >= 0.6 is 23.7 Å². The molecule has 1 aliphatic heterocycles. The Kier molecular flexibility index (Phi) is 10.4. The van der Waals surface area contributed by atoms with Crippen molar-refractivity contribution in [3.63, 3.8) is 0 Å². The van der Waals surface area contributed by atoms with Gasteiger partial charge in [-0.25, -0.2) is 22.2 Å². The number of halogens is 3. The topological polar surface area (TPSA) is 73.8 Å². The summed E-state index contributed by atoms with van der Waals surface area (Å²) < 4.78 is 56.5. The van der Waals surface area contributed by atoms with E-state index in [1.54, 1.807) is 0 Å². The molecule has 2 aromatic carbocycles. The average Bonchev–Trinajstić information content (AvgIpc) is 3.30. The molecule has 1 aliphatic rings. The number of amides is 1. The molecule has 3 aromatic rings. The van der Waals surface area contributed by atoms with Gasteiger partial charge in [0.25, 0.3) is 5.91 Å². The van der Waals surface area contributed by atoms with Crippen LogP contribution in [0, 0.1) is 23.5 Å². The predicted octanol–water partition coefficient (Wildman–Crippen LogP) is 5.65. The molecule has 0 N–H and O–H groups in total. The number of aromatic nitrogens is 1. The van der Waals surface area contributed by atoms with Gasteiger partial charge in [0.1, 0.15) is 11.3 Å². The molecule has 1 aromatic heterocycles. The molecule has 7 nitrogen and oxygen atoms in total. The van der Waals surface area contributed by atoms with E-state index in [0.717, 1.165) is 36.9 Å². The number of hydrogen-bond acceptors (Lipinski definition) is 6. The summed E-state index contributed by atoms with van der Waals surface area (Å²) in [5, 5.41) is 0.259. The minimum Gasteiger partial charge on any atom is -0.302 e. The third kappa shape index (κ3) is 6.94. The number of carbonyl (C=O) groups excluding carboxylic acids is 1. The summed E-state index contributed by atoms with van der Waals surface area (Å²) in [6.07, 6.45) is 0.991. The van der Waals surface area contributed by atoms with Crippen LogP contribution in [0.25, 0.3) is 10.2 Å². The molecule has 0 spiro atoms. The SMILES string of the molecule is CCN(CC)CCN(C(=O)c1ccc(S(=O)(=O)N2CC(C)CC(C)C2)cc1)c1nc2c(F)cc(F)cc2s1.Cl. The Bertz CT molecular complexity index is 1390. The number of fused-ring (bicyclic) bond motifs is 1. The standard InChI is InChI=1S/C27H34F2N4O3S2.ClH/c1-5-31(6-2)11-12-33(27-30-25-23(29)14-21(28)15-24(25)37-27)26(34)20-7-9-22(10-8-20)38(35,36)32-16-18(3)13-19(4)17-32;/h7-10,14-15,18-19H,5-6,11-13,16-17H2,1-4H3;1H. The number of nitrogens with zero attached hydrogens (tertiary/aromatic N) is 4. The van der Waals surface area contributed by atoms with Gasteiger partial charge in [-0.3, -0.25) is 9.69 Å². The number of thiazole rings is 1. The van der Waals surface area contributed by atoms with Crippen LogP contribution in [0.2, 0.25) is 0 Å². The number of piperidine rings is 1. The second-order valence-corrected chi connectivity index (χ2v) is 13.0. The molecule has 12 heteroatoms. The van der Waals surface area contributed by atoms with Gasteiger partial charge in [0.05, 0.1) is 9.60 Å². The summed E-state index contributed by atoms with van der Waals surface area (Å²) in [5.74, 6) is -1.32. The number of rotatable bonds is 9. The molecule has 1 amide bonds. The van der Waals surface area contributed by atoms with Crippen molar-refractivity contribution in [3.05, 3.63) is 53.6 Å². The van der Waals surface area contributed by atoms with Crippen LogP contribution in [0.3, 0.4) is 0 Å². The fraction of sp³-hybridized carbons (Fsp3) is 0.481. The maximum Gasteiger partial charge on any atom is 0.260 e. The fourth-order valence-corrected chi connectivity index (χ4v) is 7.71. The maximum atomic E-state index is 14.4. The quantitative estimate of drug-likeness (QED) is 0.317. The molecule has 0 bridgehead atoms. The summed E-state index contributed by atoms with van der Waals surface area (Å²) in [6, 6.07) is 7.91. The number of carbonyl (C=O) groups is 1. The van der Waals surface area contributed by atoms with Crippen LogP contribution in [0.5, 0.6) is 0 Å². The predicted molar refractivity (Wildman–Crippen MR) is 154 cm³/mol. The Morgan fingerprint density at radius 1 is 1.05 bits per heavy atom. The fourth-order valence-electron chi connectivity index (χ4n) is 5.00. The monoisotopic (exact) mass is 600 g/mol. The Hall–Kier alpha value is -2.18. The molecule has 0 aliphatic carbocycles. The third-order valence-corrected chi connectivity index (χ3v) is 9.86. The first-order chi connectivity index (χ1) is 18.0. The molecule has 2 atom stereocenters. The van der Waals surface area contributed by atoms with Gasteiger partial charge >= 0.3 is 0 Å². The van der Waals surface area contributed by atoms with Crippen LogP contribution in [-0.2, 0) is 10.0 Å². The lowest BCUT2D eigenvalue weighted by molar-refractivity contribution is 0.0983. The lowest BCUT2D eigenvalue weighted by Gasteiger charge is -2.34. The van der Waals surface area contributed by atoms with Crippen molar-refractivity contribution in [1.29, 1.82) is 0 Å². The first-order valence-electron chi connectivity index (χ1n) is 12.9. The summed E-state index contributed by atoms with van der Waals surface area (Å²) >= 11 is 1.04. The van der Waals surface area contributed by atoms with E-state index in [-0.39, 0.29) is 57.8 Å². The van der Waals surface area contributed by atoms with Crippen LogP contribution in [0.1, 0.15) is 44.5 Å². The molecule has 2 heterocycles. The van der Waals surface area contributed by atoms with Gasteiger partial charge in [0.15, 0.2) is 10.9 Å². The normalized spacial score (nSPS) is 18.3. The van der Waals surface area contributed by atoms with Gasteiger partial charge < -0.3 is 4.90 Å². The highest BCUT2D eigenvalue weighted by atomic mass is 35.5. The van der Waals surface area contributed by atoms with E-state index in [1.807, 2.05) is 13.8 Å². The lowest BCUT2D eigenvalue weighted by Crippen LogP contribution is -2.42. The second-order valence-electron chi connectivity index (χ2n) is 10.0. The average molecular weight is 601 g/mol.